The quantitative estimate of drug-likeness (QED) is 0.717. The Morgan fingerprint density at radius 3 is 2.69 bits per heavy atom. The molecule has 0 spiro atoms. The average Bonchev–Trinajstić information content (AvgIpc) is 2.62. The lowest BCUT2D eigenvalue weighted by molar-refractivity contribution is -0.138. The van der Waals surface area contributed by atoms with Gasteiger partial charge in [-0.2, -0.15) is 0 Å². The zero-order chi connectivity index (χ0) is 18.5. The molecule has 0 bridgehead atoms. The lowest BCUT2D eigenvalue weighted by Crippen LogP contribution is -2.44. The molecule has 0 radical (unpaired) electrons. The van der Waals surface area contributed by atoms with Gasteiger partial charge in [-0.3, -0.25) is 14.5 Å². The first kappa shape index (κ1) is 18.2. The molecule has 2 aromatic carbocycles. The molecule has 1 fully saturated rings. The second-order valence-electron chi connectivity index (χ2n) is 6.34. The number of aromatic hydroxyl groups is 1. The van der Waals surface area contributed by atoms with E-state index in [9.17, 15) is 19.8 Å². The van der Waals surface area contributed by atoms with Gasteiger partial charge < -0.3 is 20.3 Å². The van der Waals surface area contributed by atoms with E-state index in [1.54, 1.807) is 30.3 Å². The van der Waals surface area contributed by atoms with Crippen LogP contribution in [0.25, 0.3) is 10.8 Å². The third-order valence-electron chi connectivity index (χ3n) is 4.55. The zero-order valence-corrected chi connectivity index (χ0v) is 14.4. The van der Waals surface area contributed by atoms with Gasteiger partial charge in [0, 0.05) is 19.6 Å². The summed E-state index contributed by atoms with van der Waals surface area (Å²) in [5.74, 6) is -2.05. The summed E-state index contributed by atoms with van der Waals surface area (Å²) in [6, 6.07) is 10.2. The molecule has 1 unspecified atom stereocenters. The van der Waals surface area contributed by atoms with Gasteiger partial charge in [-0.05, 0) is 28.5 Å². The number of morpholine rings is 1. The Hall–Kier alpha value is -2.64. The van der Waals surface area contributed by atoms with Crippen LogP contribution in [0.3, 0.4) is 0 Å². The molecular formula is C19H22N2O5. The van der Waals surface area contributed by atoms with Crippen LogP contribution in [-0.4, -0.2) is 66.4 Å². The second-order valence-corrected chi connectivity index (χ2v) is 6.34. The highest BCUT2D eigenvalue weighted by Crippen LogP contribution is 2.28. The number of ether oxygens (including phenoxy) is 1. The molecule has 1 amide bonds. The second kappa shape index (κ2) is 8.16. The Balaban J connectivity index is 1.72. The van der Waals surface area contributed by atoms with Crippen LogP contribution in [0, 0.1) is 0 Å². The Morgan fingerprint density at radius 1 is 1.19 bits per heavy atom. The van der Waals surface area contributed by atoms with Gasteiger partial charge in [-0.1, -0.05) is 24.3 Å². The summed E-state index contributed by atoms with van der Waals surface area (Å²) < 4.78 is 5.25. The Labute approximate surface area is 151 Å². The van der Waals surface area contributed by atoms with Gasteiger partial charge >= 0.3 is 5.97 Å². The molecule has 3 N–H and O–H groups in total. The number of carboxylic acid groups (broad SMARTS) is 1. The monoisotopic (exact) mass is 358 g/mol. The van der Waals surface area contributed by atoms with Gasteiger partial charge in [0.2, 0.25) is 5.91 Å². The van der Waals surface area contributed by atoms with Crippen molar-refractivity contribution in [2.45, 2.75) is 5.92 Å². The van der Waals surface area contributed by atoms with Crippen molar-refractivity contribution in [3.63, 3.8) is 0 Å². The van der Waals surface area contributed by atoms with E-state index in [2.05, 4.69) is 5.32 Å². The van der Waals surface area contributed by atoms with Crippen LogP contribution >= 0.6 is 0 Å². The number of fused-ring (bicyclic) bond motifs is 1. The van der Waals surface area contributed by atoms with E-state index in [1.807, 2.05) is 11.0 Å². The number of hydrogen-bond acceptors (Lipinski definition) is 5. The third kappa shape index (κ3) is 4.30. The molecule has 26 heavy (non-hydrogen) atoms. The predicted octanol–water partition coefficient (Wildman–Crippen LogP) is 1.16. The number of amides is 1. The Bertz CT molecular complexity index is 802. The van der Waals surface area contributed by atoms with Crippen molar-refractivity contribution in [1.29, 1.82) is 0 Å². The molecule has 138 valence electrons. The van der Waals surface area contributed by atoms with Gasteiger partial charge in [0.15, 0.2) is 0 Å². The molecule has 1 aliphatic rings. The number of aliphatic carboxylic acids is 1. The SMILES string of the molecule is O=C(CN1CCOCC1)NCC(C(=O)O)c1cccc2ccc(O)cc12. The Morgan fingerprint density at radius 2 is 1.96 bits per heavy atom. The van der Waals surface area contributed by atoms with E-state index in [0.717, 1.165) is 5.39 Å². The predicted molar refractivity (Wildman–Crippen MR) is 96.3 cm³/mol. The summed E-state index contributed by atoms with van der Waals surface area (Å²) >= 11 is 0. The fourth-order valence-electron chi connectivity index (χ4n) is 3.15. The number of hydrogen-bond donors (Lipinski definition) is 3. The number of phenols is 1. The molecule has 1 atom stereocenters. The summed E-state index contributed by atoms with van der Waals surface area (Å²) in [6.45, 7) is 2.81. The van der Waals surface area contributed by atoms with Crippen molar-refractivity contribution in [2.75, 3.05) is 39.4 Å². The smallest absolute Gasteiger partial charge is 0.312 e. The summed E-state index contributed by atoms with van der Waals surface area (Å²) in [4.78, 5) is 25.9. The van der Waals surface area contributed by atoms with Crippen molar-refractivity contribution in [3.05, 3.63) is 42.0 Å². The topological polar surface area (TPSA) is 99.1 Å². The van der Waals surface area contributed by atoms with Crippen molar-refractivity contribution in [2.24, 2.45) is 0 Å². The number of nitrogens with one attached hydrogen (secondary N) is 1. The molecule has 1 aliphatic heterocycles. The highest BCUT2D eigenvalue weighted by Gasteiger charge is 2.23. The van der Waals surface area contributed by atoms with Gasteiger partial charge in [0.05, 0.1) is 25.7 Å². The summed E-state index contributed by atoms with van der Waals surface area (Å²) in [5.41, 5.74) is 0.567. The molecule has 1 heterocycles. The van der Waals surface area contributed by atoms with E-state index in [1.165, 1.54) is 0 Å². The summed E-state index contributed by atoms with van der Waals surface area (Å²) in [7, 11) is 0. The summed E-state index contributed by atoms with van der Waals surface area (Å²) in [5, 5.41) is 23.6. The fraction of sp³-hybridized carbons (Fsp3) is 0.368. The number of phenolic OH excluding ortho intramolecular Hbond substituents is 1. The van der Waals surface area contributed by atoms with Crippen LogP contribution in [0.2, 0.25) is 0 Å². The lowest BCUT2D eigenvalue weighted by atomic mass is 9.93. The van der Waals surface area contributed by atoms with Gasteiger partial charge in [-0.25, -0.2) is 0 Å². The molecule has 0 saturated carbocycles. The minimum Gasteiger partial charge on any atom is -0.508 e. The first-order valence-corrected chi connectivity index (χ1v) is 8.56. The molecule has 0 aromatic heterocycles. The fourth-order valence-corrected chi connectivity index (χ4v) is 3.15. The average molecular weight is 358 g/mol. The third-order valence-corrected chi connectivity index (χ3v) is 4.55. The van der Waals surface area contributed by atoms with E-state index in [4.69, 9.17) is 4.74 Å². The first-order valence-electron chi connectivity index (χ1n) is 8.56. The largest absolute Gasteiger partial charge is 0.508 e. The zero-order valence-electron chi connectivity index (χ0n) is 14.4. The van der Waals surface area contributed by atoms with Gasteiger partial charge in [0.25, 0.3) is 0 Å². The Kier molecular flexibility index (Phi) is 5.70. The molecule has 7 nitrogen and oxygen atoms in total. The maximum Gasteiger partial charge on any atom is 0.312 e. The van der Waals surface area contributed by atoms with Crippen LogP contribution < -0.4 is 5.32 Å². The van der Waals surface area contributed by atoms with E-state index in [0.29, 0.717) is 37.3 Å². The van der Waals surface area contributed by atoms with Crippen molar-refractivity contribution in [3.8, 4) is 5.75 Å². The summed E-state index contributed by atoms with van der Waals surface area (Å²) in [6.07, 6.45) is 0. The van der Waals surface area contributed by atoms with Crippen LogP contribution in [0.5, 0.6) is 5.75 Å². The number of carboxylic acids is 1. The number of benzene rings is 2. The van der Waals surface area contributed by atoms with Crippen molar-refractivity contribution >= 4 is 22.6 Å². The highest BCUT2D eigenvalue weighted by molar-refractivity contribution is 5.92. The molecule has 3 rings (SSSR count). The van der Waals surface area contributed by atoms with Crippen LogP contribution in [-0.2, 0) is 14.3 Å². The normalized spacial score (nSPS) is 16.3. The molecule has 2 aromatic rings. The van der Waals surface area contributed by atoms with Crippen LogP contribution in [0.15, 0.2) is 36.4 Å². The molecular weight excluding hydrogens is 336 g/mol. The van der Waals surface area contributed by atoms with Gasteiger partial charge in [0.1, 0.15) is 5.75 Å². The standard InChI is InChI=1S/C19H22N2O5/c22-14-5-4-13-2-1-3-15(16(13)10-14)17(19(24)25)11-20-18(23)12-21-6-8-26-9-7-21/h1-5,10,17,22H,6-9,11-12H2,(H,20,23)(H,24,25). The minimum atomic E-state index is -1.02. The molecule has 0 aliphatic carbocycles. The number of nitrogens with zero attached hydrogens (tertiary/aromatic N) is 1. The number of carbonyl (C=O) groups is 2. The van der Waals surface area contributed by atoms with Crippen molar-refractivity contribution in [1.82, 2.24) is 10.2 Å². The van der Waals surface area contributed by atoms with Crippen molar-refractivity contribution < 1.29 is 24.5 Å². The van der Waals surface area contributed by atoms with Crippen LogP contribution in [0.4, 0.5) is 0 Å². The minimum absolute atomic E-state index is 0.00667. The lowest BCUT2D eigenvalue weighted by Gasteiger charge is -2.26. The van der Waals surface area contributed by atoms with Crippen LogP contribution in [0.1, 0.15) is 11.5 Å². The van der Waals surface area contributed by atoms with E-state index in [-0.39, 0.29) is 24.7 Å². The van der Waals surface area contributed by atoms with Gasteiger partial charge in [-0.15, -0.1) is 0 Å². The first-order chi connectivity index (χ1) is 12.5. The maximum absolute atomic E-state index is 12.2. The molecule has 7 heteroatoms. The van der Waals surface area contributed by atoms with E-state index >= 15 is 0 Å². The van der Waals surface area contributed by atoms with E-state index < -0.39 is 11.9 Å². The maximum atomic E-state index is 12.2. The highest BCUT2D eigenvalue weighted by atomic mass is 16.5. The number of rotatable bonds is 6. The molecule has 1 saturated heterocycles. The number of carbonyl (C=O) groups excluding carboxylic acids is 1.